The largest absolute Gasteiger partial charge is 0.497 e. The number of aromatic nitrogens is 3. The molecule has 48 heavy (non-hydrogen) atoms. The third-order valence-corrected chi connectivity index (χ3v) is 9.27. The zero-order valence-electron chi connectivity index (χ0n) is 25.8. The summed E-state index contributed by atoms with van der Waals surface area (Å²) in [5, 5.41) is 12.3. The quantitative estimate of drug-likeness (QED) is 0.103. The van der Waals surface area contributed by atoms with Crippen molar-refractivity contribution in [3.8, 4) is 5.75 Å². The number of carbonyl (C=O) groups is 1. The molecule has 0 spiro atoms. The number of nitrogens with one attached hydrogen (secondary N) is 1. The maximum absolute atomic E-state index is 14.2. The second-order valence-corrected chi connectivity index (χ2v) is 12.5. The molecule has 14 heteroatoms. The molecule has 0 amide bonds. The first-order valence-electron chi connectivity index (χ1n) is 14.6. The minimum Gasteiger partial charge on any atom is -0.497 e. The Morgan fingerprint density at radius 1 is 1.10 bits per heavy atom. The van der Waals surface area contributed by atoms with Crippen molar-refractivity contribution in [1.29, 1.82) is 0 Å². The summed E-state index contributed by atoms with van der Waals surface area (Å²) in [6.45, 7) is 3.48. The molecule has 242 valence electrons. The van der Waals surface area contributed by atoms with Crippen LogP contribution in [0.2, 0.25) is 0 Å². The minimum absolute atomic E-state index is 0.118. The maximum atomic E-state index is 14.2. The SMILES string of the molecule is CCOC(=O)C1=C(c2ccccc2)N=c2s/c(=C/c3ccc(Sc4nc(C)cc(=O)[nH]4)c([N+](=O)[O-])c3)c(=O)n2[C@H]1c1ccc(OC)cc1. The monoisotopic (exact) mass is 681 g/mol. The average Bonchev–Trinajstić information content (AvgIpc) is 3.38. The normalized spacial score (nSPS) is 14.3. The van der Waals surface area contributed by atoms with E-state index in [1.807, 2.05) is 30.3 Å². The van der Waals surface area contributed by atoms with Crippen molar-refractivity contribution in [2.75, 3.05) is 13.7 Å². The van der Waals surface area contributed by atoms with E-state index in [9.17, 15) is 24.5 Å². The summed E-state index contributed by atoms with van der Waals surface area (Å²) in [6.07, 6.45) is 1.55. The first kappa shape index (κ1) is 32.3. The molecule has 1 aliphatic heterocycles. The first-order chi connectivity index (χ1) is 23.2. The van der Waals surface area contributed by atoms with Gasteiger partial charge in [0.2, 0.25) is 0 Å². The topological polar surface area (TPSA) is 159 Å². The van der Waals surface area contributed by atoms with Crippen LogP contribution in [0.3, 0.4) is 0 Å². The number of carbonyl (C=O) groups excluding carboxylic acids is 1. The number of aryl methyl sites for hydroxylation is 1. The number of aromatic amines is 1. The van der Waals surface area contributed by atoms with Crippen LogP contribution >= 0.6 is 23.1 Å². The van der Waals surface area contributed by atoms with E-state index in [2.05, 4.69) is 9.97 Å². The maximum Gasteiger partial charge on any atom is 0.338 e. The molecule has 3 heterocycles. The van der Waals surface area contributed by atoms with E-state index in [-0.39, 0.29) is 38.0 Å². The van der Waals surface area contributed by atoms with E-state index in [4.69, 9.17) is 14.5 Å². The molecule has 0 fully saturated rings. The number of benzene rings is 3. The Balaban J connectivity index is 1.53. The molecule has 1 aliphatic rings. The number of rotatable bonds is 9. The molecule has 0 aliphatic carbocycles. The standard InChI is InChI=1S/C34H27N5O7S2/c1-4-46-32(42)28-29(21-8-6-5-7-9-21)37-34-38(30(28)22-11-13-23(45-3)14-12-22)31(41)26(48-34)18-20-10-15-25(24(17-20)39(43)44)47-33-35-19(2)16-27(40)36-33/h5-18,30H,4H2,1-3H3,(H,35,36,40)/b26-18+/t30-/m0/s1. The minimum atomic E-state index is -0.888. The number of nitro groups is 1. The van der Waals surface area contributed by atoms with Crippen LogP contribution in [-0.4, -0.2) is 39.1 Å². The van der Waals surface area contributed by atoms with Gasteiger partial charge in [0.15, 0.2) is 9.96 Å². The Kier molecular flexibility index (Phi) is 9.19. The number of fused-ring (bicyclic) bond motifs is 1. The van der Waals surface area contributed by atoms with E-state index in [1.165, 1.54) is 16.7 Å². The number of hydrogen-bond acceptors (Lipinski definition) is 11. The number of hydrogen-bond donors (Lipinski definition) is 1. The fourth-order valence-corrected chi connectivity index (χ4v) is 7.18. The number of esters is 1. The summed E-state index contributed by atoms with van der Waals surface area (Å²) in [4.78, 5) is 63.5. The molecule has 0 saturated carbocycles. The molecule has 6 rings (SSSR count). The summed E-state index contributed by atoms with van der Waals surface area (Å²) in [5.41, 5.74) is 1.73. The van der Waals surface area contributed by atoms with Gasteiger partial charge in [-0.2, -0.15) is 0 Å². The number of thiazole rings is 1. The Labute approximate surface area is 280 Å². The predicted octanol–water partition coefficient (Wildman–Crippen LogP) is 4.40. The first-order valence-corrected chi connectivity index (χ1v) is 16.3. The van der Waals surface area contributed by atoms with Crippen LogP contribution in [0.4, 0.5) is 5.69 Å². The van der Waals surface area contributed by atoms with Gasteiger partial charge in [0, 0.05) is 23.4 Å². The molecule has 1 N–H and O–H groups in total. The molecule has 0 unspecified atom stereocenters. The van der Waals surface area contributed by atoms with Gasteiger partial charge in [0.05, 0.1) is 45.4 Å². The fraction of sp³-hybridized carbons (Fsp3) is 0.147. The number of nitro benzene ring substituents is 1. The Hall–Kier alpha value is -5.60. The van der Waals surface area contributed by atoms with E-state index < -0.39 is 22.5 Å². The molecular weight excluding hydrogens is 655 g/mol. The molecule has 5 aromatic rings. The molecule has 2 aromatic heterocycles. The second kappa shape index (κ2) is 13.6. The van der Waals surface area contributed by atoms with Crippen LogP contribution in [0.5, 0.6) is 5.75 Å². The Bertz CT molecular complexity index is 2330. The van der Waals surface area contributed by atoms with E-state index in [1.54, 1.807) is 63.4 Å². The van der Waals surface area contributed by atoms with Crippen LogP contribution in [0.1, 0.15) is 35.3 Å². The summed E-state index contributed by atoms with van der Waals surface area (Å²) >= 11 is 2.06. The van der Waals surface area contributed by atoms with Crippen molar-refractivity contribution < 1.29 is 19.2 Å². The molecular formula is C34H27N5O7S2. The molecule has 0 saturated heterocycles. The molecule has 0 radical (unpaired) electrons. The van der Waals surface area contributed by atoms with Gasteiger partial charge in [0.1, 0.15) is 5.75 Å². The van der Waals surface area contributed by atoms with Gasteiger partial charge in [0.25, 0.3) is 16.8 Å². The highest BCUT2D eigenvalue weighted by molar-refractivity contribution is 7.99. The zero-order valence-corrected chi connectivity index (χ0v) is 27.5. The fourth-order valence-electron chi connectivity index (χ4n) is 5.25. The predicted molar refractivity (Wildman–Crippen MR) is 181 cm³/mol. The summed E-state index contributed by atoms with van der Waals surface area (Å²) in [5.74, 6) is -0.00722. The molecule has 0 bridgehead atoms. The van der Waals surface area contributed by atoms with Crippen molar-refractivity contribution in [3.05, 3.63) is 147 Å². The third kappa shape index (κ3) is 6.48. The number of nitrogens with zero attached hydrogens (tertiary/aromatic N) is 4. The van der Waals surface area contributed by atoms with Crippen molar-refractivity contribution in [3.63, 3.8) is 0 Å². The lowest BCUT2D eigenvalue weighted by molar-refractivity contribution is -0.387. The summed E-state index contributed by atoms with van der Waals surface area (Å²) < 4.78 is 12.5. The zero-order chi connectivity index (χ0) is 33.9. The second-order valence-electron chi connectivity index (χ2n) is 10.5. The number of H-pyrrole nitrogens is 1. The van der Waals surface area contributed by atoms with E-state index in [0.29, 0.717) is 38.6 Å². The van der Waals surface area contributed by atoms with Gasteiger partial charge < -0.3 is 14.5 Å². The lowest BCUT2D eigenvalue weighted by Gasteiger charge is -2.26. The van der Waals surface area contributed by atoms with Gasteiger partial charge in [-0.15, -0.1) is 0 Å². The smallest absolute Gasteiger partial charge is 0.338 e. The van der Waals surface area contributed by atoms with Gasteiger partial charge in [-0.25, -0.2) is 14.8 Å². The van der Waals surface area contributed by atoms with Gasteiger partial charge in [-0.3, -0.25) is 24.3 Å². The van der Waals surface area contributed by atoms with Crippen LogP contribution in [0, 0.1) is 17.0 Å². The lowest BCUT2D eigenvalue weighted by Crippen LogP contribution is -2.40. The van der Waals surface area contributed by atoms with E-state index >= 15 is 0 Å². The van der Waals surface area contributed by atoms with Crippen LogP contribution in [0.25, 0.3) is 11.8 Å². The van der Waals surface area contributed by atoms with Crippen molar-refractivity contribution in [1.82, 2.24) is 14.5 Å². The number of ether oxygens (including phenoxy) is 2. The van der Waals surface area contributed by atoms with Crippen LogP contribution in [-0.2, 0) is 9.53 Å². The highest BCUT2D eigenvalue weighted by atomic mass is 32.2. The van der Waals surface area contributed by atoms with Crippen molar-refractivity contribution >= 4 is 46.5 Å². The van der Waals surface area contributed by atoms with Crippen molar-refractivity contribution in [2.45, 2.75) is 29.9 Å². The van der Waals surface area contributed by atoms with Crippen LogP contribution in [0.15, 0.2) is 109 Å². The summed E-state index contributed by atoms with van der Waals surface area (Å²) in [7, 11) is 1.55. The Morgan fingerprint density at radius 3 is 2.52 bits per heavy atom. The van der Waals surface area contributed by atoms with Crippen molar-refractivity contribution in [2.24, 2.45) is 4.99 Å². The van der Waals surface area contributed by atoms with Crippen LogP contribution < -0.4 is 25.2 Å². The third-order valence-electron chi connectivity index (χ3n) is 7.34. The van der Waals surface area contributed by atoms with Gasteiger partial charge in [-0.05, 0) is 61.0 Å². The highest BCUT2D eigenvalue weighted by Gasteiger charge is 2.35. The molecule has 3 aromatic carbocycles. The average molecular weight is 682 g/mol. The molecule has 1 atom stereocenters. The lowest BCUT2D eigenvalue weighted by atomic mass is 9.93. The van der Waals surface area contributed by atoms with Gasteiger partial charge in [-0.1, -0.05) is 59.9 Å². The summed E-state index contributed by atoms with van der Waals surface area (Å²) in [6, 6.07) is 21.2. The van der Waals surface area contributed by atoms with E-state index in [0.717, 1.165) is 23.1 Å². The Morgan fingerprint density at radius 2 is 1.85 bits per heavy atom. The molecule has 12 nitrogen and oxygen atoms in total. The number of methoxy groups -OCH3 is 1. The van der Waals surface area contributed by atoms with Gasteiger partial charge >= 0.3 is 5.97 Å². The highest BCUT2D eigenvalue weighted by Crippen LogP contribution is 2.36.